The molecule has 0 aliphatic rings. The number of para-hydroxylation sites is 1. The third-order valence-electron chi connectivity index (χ3n) is 5.14. The Morgan fingerprint density at radius 3 is 2.53 bits per heavy atom. The lowest BCUT2D eigenvalue weighted by molar-refractivity contribution is 0.102. The summed E-state index contributed by atoms with van der Waals surface area (Å²) >= 11 is 6.10. The molecule has 164 valence electrons. The summed E-state index contributed by atoms with van der Waals surface area (Å²) in [5.41, 5.74) is 4.99. The number of hydrogen-bond donors (Lipinski definition) is 1. The first-order valence-electron chi connectivity index (χ1n) is 10.2. The average molecular weight is 450 g/mol. The summed E-state index contributed by atoms with van der Waals surface area (Å²) in [5.74, 6) is 0.255. The predicted molar refractivity (Wildman–Crippen MR) is 124 cm³/mol. The Labute approximate surface area is 191 Å². The molecule has 0 radical (unpaired) electrons. The Hall–Kier alpha value is -3.58. The first kappa shape index (κ1) is 21.6. The van der Waals surface area contributed by atoms with Gasteiger partial charge in [-0.1, -0.05) is 53.6 Å². The highest BCUT2D eigenvalue weighted by Gasteiger charge is 2.17. The highest BCUT2D eigenvalue weighted by Crippen LogP contribution is 2.24. The van der Waals surface area contributed by atoms with Gasteiger partial charge in [0.25, 0.3) is 5.91 Å². The molecule has 2 aromatic heterocycles. The molecular formula is C24H24ClN5O2. The van der Waals surface area contributed by atoms with E-state index >= 15 is 0 Å². The van der Waals surface area contributed by atoms with Crippen molar-refractivity contribution in [3.63, 3.8) is 0 Å². The molecule has 0 saturated carbocycles. The normalized spacial score (nSPS) is 10.9. The summed E-state index contributed by atoms with van der Waals surface area (Å²) in [6.45, 7) is 6.66. The van der Waals surface area contributed by atoms with Gasteiger partial charge in [0.05, 0.1) is 28.6 Å². The van der Waals surface area contributed by atoms with Crippen LogP contribution in [0.1, 0.15) is 33.0 Å². The van der Waals surface area contributed by atoms with Crippen LogP contribution in [0.25, 0.3) is 0 Å². The Balaban J connectivity index is 1.42. The molecule has 1 N–H and O–H groups in total. The van der Waals surface area contributed by atoms with Gasteiger partial charge in [-0.05, 0) is 44.5 Å². The highest BCUT2D eigenvalue weighted by molar-refractivity contribution is 6.32. The van der Waals surface area contributed by atoms with E-state index in [1.807, 2.05) is 30.7 Å². The number of benzene rings is 2. The van der Waals surface area contributed by atoms with Gasteiger partial charge in [-0.3, -0.25) is 9.48 Å². The molecule has 32 heavy (non-hydrogen) atoms. The molecule has 0 spiro atoms. The molecule has 4 aromatic rings. The molecule has 2 heterocycles. The maximum Gasteiger partial charge on any atom is 0.276 e. The van der Waals surface area contributed by atoms with Gasteiger partial charge < -0.3 is 10.1 Å². The van der Waals surface area contributed by atoms with Crippen molar-refractivity contribution in [2.24, 2.45) is 0 Å². The van der Waals surface area contributed by atoms with E-state index in [-0.39, 0.29) is 18.3 Å². The number of hydrogen-bond acceptors (Lipinski definition) is 4. The Kier molecular flexibility index (Phi) is 6.28. The molecule has 4 rings (SSSR count). The molecule has 2 aromatic carbocycles. The van der Waals surface area contributed by atoms with E-state index in [0.717, 1.165) is 17.0 Å². The van der Waals surface area contributed by atoms with Crippen LogP contribution in [0.5, 0.6) is 5.75 Å². The van der Waals surface area contributed by atoms with E-state index in [9.17, 15) is 4.79 Å². The van der Waals surface area contributed by atoms with Crippen molar-refractivity contribution in [1.29, 1.82) is 0 Å². The molecule has 7 nitrogen and oxygen atoms in total. The molecule has 1 amide bonds. The van der Waals surface area contributed by atoms with Gasteiger partial charge in [0.15, 0.2) is 12.4 Å². The number of amides is 1. The monoisotopic (exact) mass is 449 g/mol. The van der Waals surface area contributed by atoms with Crippen LogP contribution >= 0.6 is 11.6 Å². The number of ether oxygens (including phenoxy) is 1. The average Bonchev–Trinajstić information content (AvgIpc) is 3.35. The summed E-state index contributed by atoms with van der Waals surface area (Å²) in [6.07, 6.45) is 1.69. The highest BCUT2D eigenvalue weighted by atomic mass is 35.5. The standard InChI is InChI=1S/C24H24ClN5O2/c1-16-8-10-19(11-9-16)14-30-18(3)23(17(2)27-30)26-24(31)21-12-13-29(28-21)15-32-22-7-5-4-6-20(22)25/h4-13H,14-15H2,1-3H3,(H,26,31). The van der Waals surface area contributed by atoms with Gasteiger partial charge in [-0.2, -0.15) is 10.2 Å². The lowest BCUT2D eigenvalue weighted by Crippen LogP contribution is -2.15. The Bertz CT molecular complexity index is 1240. The van der Waals surface area contributed by atoms with Crippen molar-refractivity contribution in [3.05, 3.63) is 94.0 Å². The second kappa shape index (κ2) is 9.28. The van der Waals surface area contributed by atoms with Crippen LogP contribution in [-0.2, 0) is 13.3 Å². The number of carbonyl (C=O) groups excluding carboxylic acids is 1. The summed E-state index contributed by atoms with van der Waals surface area (Å²) in [5, 5.41) is 12.4. The van der Waals surface area contributed by atoms with Gasteiger partial charge in [0.2, 0.25) is 0 Å². The van der Waals surface area contributed by atoms with E-state index in [2.05, 4.69) is 46.7 Å². The Morgan fingerprint density at radius 1 is 1.03 bits per heavy atom. The van der Waals surface area contributed by atoms with Crippen LogP contribution in [0.4, 0.5) is 5.69 Å². The lowest BCUT2D eigenvalue weighted by Gasteiger charge is -2.08. The molecule has 0 saturated heterocycles. The fourth-order valence-electron chi connectivity index (χ4n) is 3.33. The zero-order valence-electron chi connectivity index (χ0n) is 18.2. The minimum absolute atomic E-state index is 0.142. The second-order valence-electron chi connectivity index (χ2n) is 7.59. The third kappa shape index (κ3) is 4.84. The van der Waals surface area contributed by atoms with Crippen molar-refractivity contribution in [3.8, 4) is 5.75 Å². The van der Waals surface area contributed by atoms with Crippen LogP contribution in [-0.4, -0.2) is 25.5 Å². The molecule has 0 atom stereocenters. The maximum absolute atomic E-state index is 12.8. The topological polar surface area (TPSA) is 74.0 Å². The van der Waals surface area contributed by atoms with Crippen molar-refractivity contribution in [2.45, 2.75) is 34.0 Å². The van der Waals surface area contributed by atoms with Gasteiger partial charge in [-0.25, -0.2) is 4.68 Å². The smallest absolute Gasteiger partial charge is 0.276 e. The molecule has 0 unspecified atom stereocenters. The van der Waals surface area contributed by atoms with Gasteiger partial charge in [0.1, 0.15) is 5.75 Å². The molecular weight excluding hydrogens is 426 g/mol. The molecule has 8 heteroatoms. The van der Waals surface area contributed by atoms with E-state index in [1.165, 1.54) is 5.56 Å². The molecule has 0 fully saturated rings. The molecule has 0 aliphatic heterocycles. The van der Waals surface area contributed by atoms with E-state index in [1.54, 1.807) is 29.1 Å². The minimum atomic E-state index is -0.303. The second-order valence-corrected chi connectivity index (χ2v) is 7.99. The number of aromatic nitrogens is 4. The Morgan fingerprint density at radius 2 is 1.78 bits per heavy atom. The fraction of sp³-hybridized carbons (Fsp3) is 0.208. The minimum Gasteiger partial charge on any atom is -0.470 e. The van der Waals surface area contributed by atoms with Crippen molar-refractivity contribution >= 4 is 23.2 Å². The van der Waals surface area contributed by atoms with Gasteiger partial charge in [-0.15, -0.1) is 0 Å². The largest absolute Gasteiger partial charge is 0.470 e. The number of nitrogens with one attached hydrogen (secondary N) is 1. The van der Waals surface area contributed by atoms with Crippen LogP contribution in [0.2, 0.25) is 5.02 Å². The number of rotatable bonds is 7. The maximum atomic E-state index is 12.8. The van der Waals surface area contributed by atoms with Gasteiger partial charge >= 0.3 is 0 Å². The van der Waals surface area contributed by atoms with E-state index < -0.39 is 0 Å². The van der Waals surface area contributed by atoms with E-state index in [0.29, 0.717) is 23.0 Å². The number of carbonyl (C=O) groups is 1. The third-order valence-corrected chi connectivity index (χ3v) is 5.45. The number of anilines is 1. The molecule has 0 bridgehead atoms. The van der Waals surface area contributed by atoms with Crippen molar-refractivity contribution < 1.29 is 9.53 Å². The van der Waals surface area contributed by atoms with Crippen LogP contribution in [0.15, 0.2) is 60.8 Å². The zero-order chi connectivity index (χ0) is 22.7. The fourth-order valence-corrected chi connectivity index (χ4v) is 3.52. The number of aryl methyl sites for hydroxylation is 2. The van der Waals surface area contributed by atoms with Crippen LogP contribution in [0, 0.1) is 20.8 Å². The summed E-state index contributed by atoms with van der Waals surface area (Å²) < 4.78 is 9.10. The summed E-state index contributed by atoms with van der Waals surface area (Å²) in [6, 6.07) is 17.2. The predicted octanol–water partition coefficient (Wildman–Crippen LogP) is 5.00. The van der Waals surface area contributed by atoms with Crippen LogP contribution < -0.4 is 10.1 Å². The van der Waals surface area contributed by atoms with E-state index in [4.69, 9.17) is 16.3 Å². The summed E-state index contributed by atoms with van der Waals surface area (Å²) in [7, 11) is 0. The SMILES string of the molecule is Cc1ccc(Cn2nc(C)c(NC(=O)c3ccn(COc4ccccc4Cl)n3)c2C)cc1. The quantitative estimate of drug-likeness (QED) is 0.431. The first-order valence-corrected chi connectivity index (χ1v) is 10.6. The molecule has 0 aliphatic carbocycles. The van der Waals surface area contributed by atoms with Crippen molar-refractivity contribution in [1.82, 2.24) is 19.6 Å². The van der Waals surface area contributed by atoms with Gasteiger partial charge in [0, 0.05) is 6.20 Å². The first-order chi connectivity index (χ1) is 15.4. The van der Waals surface area contributed by atoms with Crippen LogP contribution in [0.3, 0.4) is 0 Å². The zero-order valence-corrected chi connectivity index (χ0v) is 18.9. The lowest BCUT2D eigenvalue weighted by atomic mass is 10.1. The number of nitrogens with zero attached hydrogens (tertiary/aromatic N) is 4. The van der Waals surface area contributed by atoms with Crippen molar-refractivity contribution in [2.75, 3.05) is 5.32 Å². The number of halogens is 1. The summed E-state index contributed by atoms with van der Waals surface area (Å²) in [4.78, 5) is 12.8.